The molecule has 3 rings (SSSR count). The van der Waals surface area contributed by atoms with E-state index < -0.39 is 54.4 Å². The first-order valence-electron chi connectivity index (χ1n) is 13.0. The maximum absolute atomic E-state index is 14.7. The molecule has 1 fully saturated rings. The van der Waals surface area contributed by atoms with E-state index in [0.717, 1.165) is 10.7 Å². The maximum Gasteiger partial charge on any atom is 0.411 e. The Hall–Kier alpha value is -3.26. The minimum absolute atomic E-state index is 0.0744. The second-order valence-electron chi connectivity index (χ2n) is 10.8. The lowest BCUT2D eigenvalue weighted by molar-refractivity contribution is -0.174. The van der Waals surface area contributed by atoms with Gasteiger partial charge in [0.05, 0.1) is 25.7 Å². The Morgan fingerprint density at radius 3 is 2.60 bits per heavy atom. The molecule has 40 heavy (non-hydrogen) atoms. The Labute approximate surface area is 229 Å². The van der Waals surface area contributed by atoms with Gasteiger partial charge >= 0.3 is 6.18 Å². The van der Waals surface area contributed by atoms with Crippen molar-refractivity contribution >= 4 is 28.6 Å². The lowest BCUT2D eigenvalue weighted by Gasteiger charge is -2.38. The minimum Gasteiger partial charge on any atom is -0.395 e. The zero-order chi connectivity index (χ0) is 29.7. The highest BCUT2D eigenvalue weighted by atomic mass is 19.4. The maximum atomic E-state index is 14.7. The van der Waals surface area contributed by atoms with Gasteiger partial charge in [0, 0.05) is 25.0 Å². The molecule has 0 aliphatic carbocycles. The first kappa shape index (κ1) is 31.3. The van der Waals surface area contributed by atoms with Crippen LogP contribution in [0.1, 0.15) is 44.1 Å². The Bertz CT molecular complexity index is 1210. The number of amides is 3. The molecule has 0 bridgehead atoms. The van der Waals surface area contributed by atoms with Crippen LogP contribution in [0.25, 0.3) is 10.9 Å². The number of halogens is 4. The molecule has 0 saturated carbocycles. The number of nitrogens with zero attached hydrogens (tertiary/aromatic N) is 3. The second kappa shape index (κ2) is 12.9. The smallest absolute Gasteiger partial charge is 0.395 e. The number of aromatic nitrogens is 2. The average Bonchev–Trinajstić information content (AvgIpc) is 3.26. The van der Waals surface area contributed by atoms with Gasteiger partial charge in [-0.2, -0.15) is 18.3 Å². The summed E-state index contributed by atoms with van der Waals surface area (Å²) in [6.45, 7) is 3.61. The van der Waals surface area contributed by atoms with Crippen LogP contribution in [0.4, 0.5) is 17.6 Å². The van der Waals surface area contributed by atoms with Crippen molar-refractivity contribution in [3.05, 3.63) is 29.7 Å². The van der Waals surface area contributed by atoms with Gasteiger partial charge in [0.2, 0.25) is 11.8 Å². The standard InChI is InChI=1S/C26H35F4N5O5/c1-25(2,3)21(24(39)34-10-5-6-16(14-34)22(37)31-9-12-36)32-23(38)19-17-7-4-8-18(27)20(17)35(33-19)11-13-40-15-26(28,29)30/h4,7-8,16,21,36H,5-6,9-15H2,1-3H3,(H,31,37)(H,32,38)/t16-,21-/m1/s1. The third kappa shape index (κ3) is 7.90. The number of para-hydroxylation sites is 1. The zero-order valence-corrected chi connectivity index (χ0v) is 22.7. The quantitative estimate of drug-likeness (QED) is 0.296. The van der Waals surface area contributed by atoms with Gasteiger partial charge in [-0.05, 0) is 24.3 Å². The Morgan fingerprint density at radius 2 is 1.95 bits per heavy atom. The third-order valence-corrected chi connectivity index (χ3v) is 6.55. The normalized spacial score (nSPS) is 17.1. The molecule has 0 radical (unpaired) electrons. The molecule has 2 atom stereocenters. The highest BCUT2D eigenvalue weighted by Crippen LogP contribution is 2.27. The number of alkyl halides is 3. The fraction of sp³-hybridized carbons (Fsp3) is 0.615. The van der Waals surface area contributed by atoms with Gasteiger partial charge in [-0.3, -0.25) is 19.1 Å². The SMILES string of the molecule is CC(C)(C)[C@H](NC(=O)c1nn(CCOCC(F)(F)F)c2c(F)cccc12)C(=O)N1CCC[C@@H](C(=O)NCCO)C1. The summed E-state index contributed by atoms with van der Waals surface area (Å²) >= 11 is 0. The molecule has 222 valence electrons. The predicted octanol–water partition coefficient (Wildman–Crippen LogP) is 2.25. The van der Waals surface area contributed by atoms with Crippen molar-refractivity contribution in [3.63, 3.8) is 0 Å². The molecule has 3 N–H and O–H groups in total. The van der Waals surface area contributed by atoms with E-state index in [1.165, 1.54) is 17.0 Å². The van der Waals surface area contributed by atoms with Gasteiger partial charge in [-0.25, -0.2) is 4.39 Å². The summed E-state index contributed by atoms with van der Waals surface area (Å²) < 4.78 is 57.6. The van der Waals surface area contributed by atoms with Crippen LogP contribution in [0.3, 0.4) is 0 Å². The van der Waals surface area contributed by atoms with Gasteiger partial charge in [0.25, 0.3) is 5.91 Å². The minimum atomic E-state index is -4.52. The first-order chi connectivity index (χ1) is 18.7. The Balaban J connectivity index is 1.81. The average molecular weight is 574 g/mol. The number of piperidine rings is 1. The summed E-state index contributed by atoms with van der Waals surface area (Å²) in [5.74, 6) is -2.59. The van der Waals surface area contributed by atoms with E-state index in [4.69, 9.17) is 5.11 Å². The number of benzene rings is 1. The van der Waals surface area contributed by atoms with Crippen LogP contribution >= 0.6 is 0 Å². The number of carbonyl (C=O) groups excluding carboxylic acids is 3. The number of ether oxygens (including phenoxy) is 1. The van der Waals surface area contributed by atoms with Crippen molar-refractivity contribution in [2.75, 3.05) is 39.5 Å². The largest absolute Gasteiger partial charge is 0.411 e. The van der Waals surface area contributed by atoms with Crippen LogP contribution in [-0.4, -0.2) is 89.2 Å². The molecule has 2 aromatic rings. The number of fused-ring (bicyclic) bond motifs is 1. The van der Waals surface area contributed by atoms with Crippen molar-refractivity contribution in [2.45, 2.75) is 52.4 Å². The van der Waals surface area contributed by atoms with Gasteiger partial charge in [-0.1, -0.05) is 32.9 Å². The molecule has 0 spiro atoms. The molecule has 2 heterocycles. The fourth-order valence-electron chi connectivity index (χ4n) is 4.61. The number of carbonyl (C=O) groups is 3. The number of rotatable bonds is 10. The van der Waals surface area contributed by atoms with E-state index >= 15 is 0 Å². The molecule has 14 heteroatoms. The van der Waals surface area contributed by atoms with E-state index in [-0.39, 0.29) is 48.7 Å². The summed E-state index contributed by atoms with van der Waals surface area (Å²) in [6, 6.07) is 2.96. The summed E-state index contributed by atoms with van der Waals surface area (Å²) in [4.78, 5) is 41.0. The molecular formula is C26H35F4N5O5. The number of likely N-dealkylation sites (tertiary alicyclic amines) is 1. The van der Waals surface area contributed by atoms with Crippen molar-refractivity contribution in [3.8, 4) is 0 Å². The van der Waals surface area contributed by atoms with Crippen molar-refractivity contribution < 1.29 is 41.8 Å². The van der Waals surface area contributed by atoms with Gasteiger partial charge in [0.1, 0.15) is 24.0 Å². The molecule has 1 aliphatic heterocycles. The molecule has 3 amide bonds. The van der Waals surface area contributed by atoms with E-state index in [9.17, 15) is 31.9 Å². The number of nitrogens with one attached hydrogen (secondary N) is 2. The number of aliphatic hydroxyl groups excluding tert-OH is 1. The topological polar surface area (TPSA) is 126 Å². The van der Waals surface area contributed by atoms with E-state index in [1.807, 2.05) is 0 Å². The van der Waals surface area contributed by atoms with Crippen LogP contribution in [0.2, 0.25) is 0 Å². The van der Waals surface area contributed by atoms with Gasteiger partial charge in [0.15, 0.2) is 5.69 Å². The van der Waals surface area contributed by atoms with Crippen molar-refractivity contribution in [2.24, 2.45) is 11.3 Å². The van der Waals surface area contributed by atoms with Crippen LogP contribution in [0, 0.1) is 17.2 Å². The summed E-state index contributed by atoms with van der Waals surface area (Å²) in [7, 11) is 0. The van der Waals surface area contributed by atoms with Crippen molar-refractivity contribution in [1.82, 2.24) is 25.3 Å². The van der Waals surface area contributed by atoms with Crippen LogP contribution in [0.5, 0.6) is 0 Å². The zero-order valence-electron chi connectivity index (χ0n) is 22.7. The molecule has 10 nitrogen and oxygen atoms in total. The highest BCUT2D eigenvalue weighted by molar-refractivity contribution is 6.06. The van der Waals surface area contributed by atoms with Crippen molar-refractivity contribution in [1.29, 1.82) is 0 Å². The lowest BCUT2D eigenvalue weighted by Crippen LogP contribution is -2.57. The first-order valence-corrected chi connectivity index (χ1v) is 13.0. The number of hydrogen-bond acceptors (Lipinski definition) is 6. The van der Waals surface area contributed by atoms with Crippen LogP contribution in [-0.2, 0) is 20.9 Å². The number of aliphatic hydroxyl groups is 1. The van der Waals surface area contributed by atoms with E-state index in [2.05, 4.69) is 20.5 Å². The molecule has 0 unspecified atom stereocenters. The molecular weight excluding hydrogens is 538 g/mol. The number of hydrogen-bond donors (Lipinski definition) is 3. The van der Waals surface area contributed by atoms with E-state index in [0.29, 0.717) is 19.4 Å². The Morgan fingerprint density at radius 1 is 1.23 bits per heavy atom. The third-order valence-electron chi connectivity index (χ3n) is 6.55. The highest BCUT2D eigenvalue weighted by Gasteiger charge is 2.39. The summed E-state index contributed by atoms with van der Waals surface area (Å²) in [6.07, 6.45) is -3.36. The predicted molar refractivity (Wildman–Crippen MR) is 137 cm³/mol. The van der Waals surface area contributed by atoms with E-state index in [1.54, 1.807) is 20.8 Å². The molecule has 1 aromatic carbocycles. The van der Waals surface area contributed by atoms with Gasteiger partial charge in [-0.15, -0.1) is 0 Å². The van der Waals surface area contributed by atoms with Crippen LogP contribution < -0.4 is 10.6 Å². The molecule has 1 aliphatic rings. The lowest BCUT2D eigenvalue weighted by atomic mass is 9.84. The molecule has 1 saturated heterocycles. The second-order valence-corrected chi connectivity index (χ2v) is 10.8. The summed E-state index contributed by atoms with van der Waals surface area (Å²) in [5, 5.41) is 18.6. The molecule has 1 aromatic heterocycles. The Kier molecular flexibility index (Phi) is 10.1. The van der Waals surface area contributed by atoms with Crippen LogP contribution in [0.15, 0.2) is 18.2 Å². The van der Waals surface area contributed by atoms with Gasteiger partial charge < -0.3 is 25.4 Å². The fourth-order valence-corrected chi connectivity index (χ4v) is 4.61. The summed E-state index contributed by atoms with van der Waals surface area (Å²) in [5.41, 5.74) is -1.02. The monoisotopic (exact) mass is 573 g/mol.